The van der Waals surface area contributed by atoms with Crippen LogP contribution >= 0.6 is 11.3 Å². The van der Waals surface area contributed by atoms with Crippen molar-refractivity contribution in [3.8, 4) is 0 Å². The maximum atomic E-state index is 4.77. The predicted octanol–water partition coefficient (Wildman–Crippen LogP) is 3.61. The molecule has 2 rings (SSSR count). The lowest BCUT2D eigenvalue weighted by Crippen LogP contribution is -2.04. The highest BCUT2D eigenvalue weighted by atomic mass is 32.1. The molecule has 0 atom stereocenters. The number of aromatic nitrogens is 1. The summed E-state index contributed by atoms with van der Waals surface area (Å²) in [6, 6.07) is 0. The van der Waals surface area contributed by atoms with Gasteiger partial charge in [-0.1, -0.05) is 25.7 Å². The van der Waals surface area contributed by atoms with Gasteiger partial charge in [-0.25, -0.2) is 4.98 Å². The van der Waals surface area contributed by atoms with E-state index in [0.717, 1.165) is 12.5 Å². The molecule has 1 N–H and O–H groups in total. The second-order valence-electron chi connectivity index (χ2n) is 4.78. The van der Waals surface area contributed by atoms with Crippen molar-refractivity contribution >= 4 is 11.3 Å². The lowest BCUT2D eigenvalue weighted by molar-refractivity contribution is 0.588. The fourth-order valence-electron chi connectivity index (χ4n) is 2.48. The maximum absolute atomic E-state index is 4.77. The van der Waals surface area contributed by atoms with Crippen molar-refractivity contribution in [3.05, 3.63) is 15.6 Å². The van der Waals surface area contributed by atoms with Gasteiger partial charge in [-0.05, 0) is 26.8 Å². The summed E-state index contributed by atoms with van der Waals surface area (Å²) in [5.74, 6) is 0.747. The van der Waals surface area contributed by atoms with Gasteiger partial charge in [-0.2, -0.15) is 0 Å². The summed E-state index contributed by atoms with van der Waals surface area (Å²) < 4.78 is 0. The van der Waals surface area contributed by atoms with Gasteiger partial charge in [0, 0.05) is 17.3 Å². The Morgan fingerprint density at radius 2 is 1.94 bits per heavy atom. The van der Waals surface area contributed by atoms with E-state index in [2.05, 4.69) is 12.2 Å². The van der Waals surface area contributed by atoms with Crippen molar-refractivity contribution in [1.82, 2.24) is 10.3 Å². The lowest BCUT2D eigenvalue weighted by Gasteiger charge is -2.09. The van der Waals surface area contributed by atoms with Crippen molar-refractivity contribution in [3.63, 3.8) is 0 Å². The highest BCUT2D eigenvalue weighted by Gasteiger charge is 2.18. The van der Waals surface area contributed by atoms with Gasteiger partial charge in [0.1, 0.15) is 0 Å². The molecule has 90 valence electrons. The normalized spacial score (nSPS) is 18.6. The quantitative estimate of drug-likeness (QED) is 0.814. The van der Waals surface area contributed by atoms with Crippen molar-refractivity contribution in [2.75, 3.05) is 7.05 Å². The molecule has 0 unspecified atom stereocenters. The molecular weight excluding hydrogens is 216 g/mol. The van der Waals surface area contributed by atoms with E-state index in [1.165, 1.54) is 54.1 Å². The monoisotopic (exact) mass is 238 g/mol. The van der Waals surface area contributed by atoms with Gasteiger partial charge in [-0.15, -0.1) is 11.3 Å². The van der Waals surface area contributed by atoms with Crippen molar-refractivity contribution in [2.45, 2.75) is 57.9 Å². The number of aryl methyl sites for hydroxylation is 1. The van der Waals surface area contributed by atoms with Gasteiger partial charge < -0.3 is 5.32 Å². The summed E-state index contributed by atoms with van der Waals surface area (Å²) in [6.07, 6.45) is 8.33. The Bertz CT molecular complexity index is 325. The molecule has 16 heavy (non-hydrogen) atoms. The first-order valence-corrected chi connectivity index (χ1v) is 7.23. The zero-order valence-corrected chi connectivity index (χ0v) is 11.2. The summed E-state index contributed by atoms with van der Waals surface area (Å²) in [4.78, 5) is 6.19. The van der Waals surface area contributed by atoms with Crippen LogP contribution in [0, 0.1) is 6.92 Å². The number of rotatable bonds is 3. The van der Waals surface area contributed by atoms with Crippen LogP contribution in [0.2, 0.25) is 0 Å². The second kappa shape index (κ2) is 5.78. The van der Waals surface area contributed by atoms with Crippen LogP contribution in [0.3, 0.4) is 0 Å². The van der Waals surface area contributed by atoms with E-state index in [9.17, 15) is 0 Å². The second-order valence-corrected chi connectivity index (χ2v) is 5.89. The van der Waals surface area contributed by atoms with Gasteiger partial charge in [0.15, 0.2) is 0 Å². The first kappa shape index (κ1) is 12.1. The van der Waals surface area contributed by atoms with Crippen molar-refractivity contribution in [1.29, 1.82) is 0 Å². The van der Waals surface area contributed by atoms with Crippen LogP contribution in [0.1, 0.15) is 60.0 Å². The van der Waals surface area contributed by atoms with E-state index in [4.69, 9.17) is 4.98 Å². The molecule has 1 aromatic rings. The summed E-state index contributed by atoms with van der Waals surface area (Å²) in [5, 5.41) is 4.62. The van der Waals surface area contributed by atoms with E-state index < -0.39 is 0 Å². The Labute approximate surface area is 102 Å². The van der Waals surface area contributed by atoms with Crippen LogP contribution in [0.4, 0.5) is 0 Å². The van der Waals surface area contributed by atoms with Crippen LogP contribution in [-0.4, -0.2) is 12.0 Å². The first-order chi connectivity index (χ1) is 7.81. The van der Waals surface area contributed by atoms with E-state index in [1.54, 1.807) is 0 Å². The minimum absolute atomic E-state index is 0.747. The Kier molecular flexibility index (Phi) is 4.36. The fraction of sp³-hybridized carbons (Fsp3) is 0.769. The highest BCUT2D eigenvalue weighted by molar-refractivity contribution is 7.11. The zero-order chi connectivity index (χ0) is 11.4. The van der Waals surface area contributed by atoms with E-state index in [1.807, 2.05) is 18.4 Å². The number of hydrogen-bond acceptors (Lipinski definition) is 3. The van der Waals surface area contributed by atoms with Crippen LogP contribution in [0.15, 0.2) is 0 Å². The summed E-state index contributed by atoms with van der Waals surface area (Å²) in [7, 11) is 2.00. The molecule has 0 saturated heterocycles. The van der Waals surface area contributed by atoms with E-state index >= 15 is 0 Å². The van der Waals surface area contributed by atoms with Crippen LogP contribution in [0.5, 0.6) is 0 Å². The molecule has 0 aromatic carbocycles. The molecule has 1 saturated carbocycles. The molecule has 2 nitrogen and oxygen atoms in total. The first-order valence-electron chi connectivity index (χ1n) is 6.42. The molecule has 1 aromatic heterocycles. The van der Waals surface area contributed by atoms with Crippen LogP contribution in [0.25, 0.3) is 0 Å². The third-order valence-electron chi connectivity index (χ3n) is 3.45. The van der Waals surface area contributed by atoms with Crippen molar-refractivity contribution < 1.29 is 0 Å². The average Bonchev–Trinajstić information content (AvgIpc) is 2.54. The third kappa shape index (κ3) is 2.83. The topological polar surface area (TPSA) is 24.9 Å². The van der Waals surface area contributed by atoms with E-state index in [0.29, 0.717) is 0 Å². The molecular formula is C13H22N2S. The standard InChI is InChI=1S/C13H22N2S/c1-10-12(9-14-2)16-13(15-10)11-7-5-3-4-6-8-11/h11,14H,3-9H2,1-2H3. The minimum Gasteiger partial charge on any atom is -0.315 e. The molecule has 0 aliphatic heterocycles. The van der Waals surface area contributed by atoms with Gasteiger partial charge in [0.2, 0.25) is 0 Å². The molecule has 1 fully saturated rings. The molecule has 1 heterocycles. The molecule has 0 bridgehead atoms. The molecule has 0 amide bonds. The van der Waals surface area contributed by atoms with E-state index in [-0.39, 0.29) is 0 Å². The lowest BCUT2D eigenvalue weighted by atomic mass is 10.0. The highest BCUT2D eigenvalue weighted by Crippen LogP contribution is 2.34. The maximum Gasteiger partial charge on any atom is 0.0962 e. The fourth-order valence-corrected chi connectivity index (χ4v) is 3.72. The summed E-state index contributed by atoms with van der Waals surface area (Å²) >= 11 is 1.93. The number of thiazole rings is 1. The van der Waals surface area contributed by atoms with Gasteiger partial charge in [-0.3, -0.25) is 0 Å². The number of hydrogen-bond donors (Lipinski definition) is 1. The molecule has 0 spiro atoms. The van der Waals surface area contributed by atoms with Crippen molar-refractivity contribution in [2.24, 2.45) is 0 Å². The Morgan fingerprint density at radius 3 is 2.56 bits per heavy atom. The summed E-state index contributed by atoms with van der Waals surface area (Å²) in [5.41, 5.74) is 1.23. The van der Waals surface area contributed by atoms with Crippen LogP contribution < -0.4 is 5.32 Å². The zero-order valence-electron chi connectivity index (χ0n) is 10.4. The van der Waals surface area contributed by atoms with Gasteiger partial charge in [0.05, 0.1) is 10.7 Å². The molecule has 1 aliphatic rings. The molecule has 1 aliphatic carbocycles. The molecule has 0 radical (unpaired) electrons. The molecule has 3 heteroatoms. The predicted molar refractivity (Wildman–Crippen MR) is 70.1 cm³/mol. The Morgan fingerprint density at radius 1 is 1.25 bits per heavy atom. The van der Waals surface area contributed by atoms with Gasteiger partial charge >= 0.3 is 0 Å². The Balaban J connectivity index is 2.09. The SMILES string of the molecule is CNCc1sc(C2CCCCCC2)nc1C. The third-order valence-corrected chi connectivity index (χ3v) is 4.77. The Hall–Kier alpha value is -0.410. The van der Waals surface area contributed by atoms with Gasteiger partial charge in [0.25, 0.3) is 0 Å². The number of nitrogens with one attached hydrogen (secondary N) is 1. The number of nitrogens with zero attached hydrogens (tertiary/aromatic N) is 1. The minimum atomic E-state index is 0.747. The smallest absolute Gasteiger partial charge is 0.0962 e. The summed E-state index contributed by atoms with van der Waals surface area (Å²) in [6.45, 7) is 3.11. The average molecular weight is 238 g/mol. The van der Waals surface area contributed by atoms with Crippen LogP contribution in [-0.2, 0) is 6.54 Å². The largest absolute Gasteiger partial charge is 0.315 e.